The van der Waals surface area contributed by atoms with Crippen LogP contribution in [0.4, 0.5) is 11.5 Å². The summed E-state index contributed by atoms with van der Waals surface area (Å²) in [4.78, 5) is 22.9. The van der Waals surface area contributed by atoms with Gasteiger partial charge in [0.25, 0.3) is 5.91 Å². The van der Waals surface area contributed by atoms with Gasteiger partial charge in [-0.1, -0.05) is 0 Å². The number of carbonyl (C=O) groups excluding carboxylic acids is 1. The monoisotopic (exact) mass is 385 g/mol. The van der Waals surface area contributed by atoms with Crippen molar-refractivity contribution in [3.8, 4) is 11.5 Å². The van der Waals surface area contributed by atoms with Crippen LogP contribution in [0.2, 0.25) is 0 Å². The van der Waals surface area contributed by atoms with Crippen LogP contribution in [0, 0.1) is 0 Å². The van der Waals surface area contributed by atoms with Gasteiger partial charge in [-0.15, -0.1) is 0 Å². The van der Waals surface area contributed by atoms with Gasteiger partial charge in [0.2, 0.25) is 0 Å². The van der Waals surface area contributed by atoms with Crippen LogP contribution in [0.3, 0.4) is 0 Å². The largest absolute Gasteiger partial charge is 0.486 e. The van der Waals surface area contributed by atoms with Crippen molar-refractivity contribution in [2.45, 2.75) is 0 Å². The van der Waals surface area contributed by atoms with Crippen LogP contribution in [-0.2, 0) is 4.74 Å². The molecule has 0 spiro atoms. The Bertz CT molecular complexity index is 808. The summed E-state index contributed by atoms with van der Waals surface area (Å²) in [6.45, 7) is 5.75. The fraction of sp³-hybridized carbons (Fsp3) is 0.421. The third kappa shape index (κ3) is 4.68. The zero-order valence-electron chi connectivity index (χ0n) is 15.5. The van der Waals surface area contributed by atoms with Crippen molar-refractivity contribution in [1.82, 2.24) is 20.2 Å². The van der Waals surface area contributed by atoms with Crippen molar-refractivity contribution >= 4 is 17.4 Å². The second-order valence-corrected chi connectivity index (χ2v) is 6.48. The number of carbonyl (C=O) groups is 1. The Balaban J connectivity index is 1.29. The molecule has 2 N–H and O–H groups in total. The van der Waals surface area contributed by atoms with Gasteiger partial charge in [0, 0.05) is 37.9 Å². The second kappa shape index (κ2) is 8.85. The predicted octanol–water partition coefficient (Wildman–Crippen LogP) is 1.05. The van der Waals surface area contributed by atoms with Crippen LogP contribution in [0.5, 0.6) is 11.5 Å². The molecular weight excluding hydrogens is 362 g/mol. The maximum absolute atomic E-state index is 12.2. The zero-order chi connectivity index (χ0) is 19.2. The number of morpholine rings is 1. The summed E-state index contributed by atoms with van der Waals surface area (Å²) in [5.41, 5.74) is 1.09. The van der Waals surface area contributed by atoms with E-state index in [0.29, 0.717) is 31.3 Å². The lowest BCUT2D eigenvalue weighted by atomic mass is 10.2. The number of hydrogen-bond acceptors (Lipinski definition) is 8. The molecule has 0 aliphatic carbocycles. The van der Waals surface area contributed by atoms with E-state index in [4.69, 9.17) is 14.2 Å². The number of anilines is 2. The molecule has 2 aromatic rings. The highest BCUT2D eigenvalue weighted by molar-refractivity contribution is 5.92. The first-order valence-electron chi connectivity index (χ1n) is 9.35. The maximum atomic E-state index is 12.2. The number of aromatic nitrogens is 2. The van der Waals surface area contributed by atoms with E-state index in [1.165, 1.54) is 12.4 Å². The molecule has 2 aliphatic heterocycles. The van der Waals surface area contributed by atoms with E-state index in [1.807, 2.05) is 18.2 Å². The SMILES string of the molecule is O=C(NCCN1CCOCC1)c1cnc(Nc2ccc3c(c2)OCCO3)cn1. The van der Waals surface area contributed by atoms with E-state index >= 15 is 0 Å². The molecule has 9 heteroatoms. The Hall–Kier alpha value is -2.91. The topological polar surface area (TPSA) is 97.8 Å². The molecule has 0 bridgehead atoms. The summed E-state index contributed by atoms with van der Waals surface area (Å²) >= 11 is 0. The Morgan fingerprint density at radius 3 is 2.64 bits per heavy atom. The fourth-order valence-electron chi connectivity index (χ4n) is 3.02. The van der Waals surface area contributed by atoms with E-state index in [9.17, 15) is 4.79 Å². The van der Waals surface area contributed by atoms with Gasteiger partial charge in [0.15, 0.2) is 11.5 Å². The van der Waals surface area contributed by atoms with Crippen molar-refractivity contribution in [2.75, 3.05) is 57.9 Å². The van der Waals surface area contributed by atoms with Crippen LogP contribution in [0.15, 0.2) is 30.6 Å². The number of rotatable bonds is 6. The molecule has 0 saturated carbocycles. The van der Waals surface area contributed by atoms with Gasteiger partial charge in [-0.2, -0.15) is 0 Å². The minimum atomic E-state index is -0.230. The van der Waals surface area contributed by atoms with Gasteiger partial charge in [-0.25, -0.2) is 9.97 Å². The first kappa shape index (κ1) is 18.5. The first-order valence-corrected chi connectivity index (χ1v) is 9.35. The summed E-state index contributed by atoms with van der Waals surface area (Å²) in [5, 5.41) is 6.02. The van der Waals surface area contributed by atoms with Gasteiger partial charge in [0.1, 0.15) is 24.7 Å². The smallest absolute Gasteiger partial charge is 0.271 e. The van der Waals surface area contributed by atoms with Crippen LogP contribution in [-0.4, -0.2) is 73.4 Å². The molecule has 4 rings (SSSR count). The Labute approximate surface area is 163 Å². The van der Waals surface area contributed by atoms with Crippen molar-refractivity contribution in [2.24, 2.45) is 0 Å². The molecule has 1 aromatic heterocycles. The lowest BCUT2D eigenvalue weighted by Gasteiger charge is -2.26. The highest BCUT2D eigenvalue weighted by Gasteiger charge is 2.13. The van der Waals surface area contributed by atoms with E-state index in [2.05, 4.69) is 25.5 Å². The summed E-state index contributed by atoms with van der Waals surface area (Å²) in [6, 6.07) is 5.57. The number of nitrogens with one attached hydrogen (secondary N) is 2. The summed E-state index contributed by atoms with van der Waals surface area (Å²) in [7, 11) is 0. The van der Waals surface area contributed by atoms with E-state index < -0.39 is 0 Å². The fourth-order valence-corrected chi connectivity index (χ4v) is 3.02. The molecule has 1 fully saturated rings. The molecular formula is C19H23N5O4. The minimum absolute atomic E-state index is 0.230. The molecule has 1 saturated heterocycles. The Kier molecular flexibility index (Phi) is 5.83. The number of amides is 1. The Morgan fingerprint density at radius 2 is 1.86 bits per heavy atom. The molecule has 28 heavy (non-hydrogen) atoms. The van der Waals surface area contributed by atoms with Crippen LogP contribution >= 0.6 is 0 Å². The van der Waals surface area contributed by atoms with Crippen molar-refractivity contribution in [3.05, 3.63) is 36.3 Å². The number of ether oxygens (including phenoxy) is 3. The molecule has 148 valence electrons. The zero-order valence-corrected chi connectivity index (χ0v) is 15.5. The normalized spacial score (nSPS) is 16.4. The van der Waals surface area contributed by atoms with Crippen molar-refractivity contribution < 1.29 is 19.0 Å². The maximum Gasteiger partial charge on any atom is 0.271 e. The van der Waals surface area contributed by atoms with E-state index in [-0.39, 0.29) is 11.6 Å². The number of fused-ring (bicyclic) bond motifs is 1. The van der Waals surface area contributed by atoms with E-state index in [0.717, 1.165) is 44.3 Å². The second-order valence-electron chi connectivity index (χ2n) is 6.48. The van der Waals surface area contributed by atoms with Crippen LogP contribution in [0.25, 0.3) is 0 Å². The summed E-state index contributed by atoms with van der Waals surface area (Å²) < 4.78 is 16.4. The first-order chi connectivity index (χ1) is 13.8. The standard InChI is InChI=1S/C19H23N5O4/c25-19(20-3-4-24-5-7-26-8-6-24)15-12-22-18(13-21-15)23-14-1-2-16-17(11-14)28-10-9-27-16/h1-2,11-13H,3-10H2,(H,20,25)(H,22,23). The van der Waals surface area contributed by atoms with Crippen LogP contribution in [0.1, 0.15) is 10.5 Å². The van der Waals surface area contributed by atoms with Crippen molar-refractivity contribution in [3.63, 3.8) is 0 Å². The van der Waals surface area contributed by atoms with E-state index in [1.54, 1.807) is 0 Å². The lowest BCUT2D eigenvalue weighted by Crippen LogP contribution is -2.41. The molecule has 3 heterocycles. The van der Waals surface area contributed by atoms with Gasteiger partial charge in [-0.05, 0) is 12.1 Å². The van der Waals surface area contributed by atoms with Gasteiger partial charge < -0.3 is 24.8 Å². The molecule has 9 nitrogen and oxygen atoms in total. The Morgan fingerprint density at radius 1 is 1.04 bits per heavy atom. The molecule has 0 atom stereocenters. The summed E-state index contributed by atoms with van der Waals surface area (Å²) in [6.07, 6.45) is 3.00. The number of hydrogen-bond donors (Lipinski definition) is 2. The molecule has 1 amide bonds. The summed E-state index contributed by atoms with van der Waals surface area (Å²) in [5.74, 6) is 1.74. The van der Waals surface area contributed by atoms with Gasteiger partial charge in [-0.3, -0.25) is 9.69 Å². The molecule has 0 unspecified atom stereocenters. The minimum Gasteiger partial charge on any atom is -0.486 e. The average molecular weight is 385 g/mol. The molecule has 0 radical (unpaired) electrons. The quantitative estimate of drug-likeness (QED) is 0.762. The highest BCUT2D eigenvalue weighted by atomic mass is 16.6. The highest BCUT2D eigenvalue weighted by Crippen LogP contribution is 2.33. The third-order valence-electron chi connectivity index (χ3n) is 4.52. The lowest BCUT2D eigenvalue weighted by molar-refractivity contribution is 0.0383. The average Bonchev–Trinajstić information content (AvgIpc) is 2.75. The van der Waals surface area contributed by atoms with Gasteiger partial charge >= 0.3 is 0 Å². The third-order valence-corrected chi connectivity index (χ3v) is 4.52. The number of benzene rings is 1. The molecule has 1 aromatic carbocycles. The van der Waals surface area contributed by atoms with Gasteiger partial charge in [0.05, 0.1) is 25.6 Å². The molecule has 2 aliphatic rings. The van der Waals surface area contributed by atoms with Crippen LogP contribution < -0.4 is 20.1 Å². The predicted molar refractivity (Wildman–Crippen MR) is 102 cm³/mol. The number of nitrogens with zero attached hydrogens (tertiary/aromatic N) is 3. The van der Waals surface area contributed by atoms with Crippen molar-refractivity contribution in [1.29, 1.82) is 0 Å².